The molecule has 2 aromatic heterocycles. The van der Waals surface area contributed by atoms with Gasteiger partial charge in [0.25, 0.3) is 5.91 Å². The maximum atomic E-state index is 12.3. The van der Waals surface area contributed by atoms with Crippen molar-refractivity contribution in [2.24, 2.45) is 0 Å². The van der Waals surface area contributed by atoms with Gasteiger partial charge in [0, 0.05) is 37.2 Å². The summed E-state index contributed by atoms with van der Waals surface area (Å²) in [5.41, 5.74) is 1.86. The summed E-state index contributed by atoms with van der Waals surface area (Å²) in [6, 6.07) is 1.85. The van der Waals surface area contributed by atoms with Crippen molar-refractivity contribution in [3.05, 3.63) is 35.2 Å². The van der Waals surface area contributed by atoms with Gasteiger partial charge in [0.2, 0.25) is 5.76 Å². The first-order valence-corrected chi connectivity index (χ1v) is 7.87. The Morgan fingerprint density at radius 1 is 1.59 bits per heavy atom. The summed E-state index contributed by atoms with van der Waals surface area (Å²) in [6.45, 7) is 6.91. The van der Waals surface area contributed by atoms with Crippen molar-refractivity contribution >= 4 is 5.91 Å². The zero-order valence-electron chi connectivity index (χ0n) is 13.3. The summed E-state index contributed by atoms with van der Waals surface area (Å²) < 4.78 is 7.30. The standard InChI is InChI=1S/C16H22N4O2/c1-4-10(2)13-7-14(22-19-13)16(21)18-12-5-6-15-17-11(3)8-20(15)9-12/h7-8,10,12H,4-6,9H2,1-3H3,(H,18,21)/t10-,12-/m0/s1. The SMILES string of the molecule is CC[C@H](C)c1cc(C(=O)N[C@H]2CCc3nc(C)cn3C2)on1. The number of carbonyl (C=O) groups is 1. The van der Waals surface area contributed by atoms with Crippen molar-refractivity contribution in [2.45, 2.75) is 58.5 Å². The van der Waals surface area contributed by atoms with Crippen molar-refractivity contribution in [1.82, 2.24) is 20.0 Å². The van der Waals surface area contributed by atoms with Crippen LogP contribution in [0.5, 0.6) is 0 Å². The summed E-state index contributed by atoms with van der Waals surface area (Å²) in [7, 11) is 0. The molecule has 0 radical (unpaired) electrons. The Morgan fingerprint density at radius 3 is 3.18 bits per heavy atom. The number of carbonyl (C=O) groups excluding carboxylic acids is 1. The maximum Gasteiger partial charge on any atom is 0.290 e. The summed E-state index contributed by atoms with van der Waals surface area (Å²) in [4.78, 5) is 16.8. The molecule has 3 heterocycles. The smallest absolute Gasteiger partial charge is 0.290 e. The third-order valence-electron chi connectivity index (χ3n) is 4.32. The van der Waals surface area contributed by atoms with E-state index in [9.17, 15) is 4.79 Å². The minimum atomic E-state index is -0.188. The lowest BCUT2D eigenvalue weighted by molar-refractivity contribution is 0.0890. The monoisotopic (exact) mass is 302 g/mol. The molecular weight excluding hydrogens is 280 g/mol. The number of nitrogens with one attached hydrogen (secondary N) is 1. The van der Waals surface area contributed by atoms with E-state index in [0.29, 0.717) is 11.7 Å². The van der Waals surface area contributed by atoms with E-state index >= 15 is 0 Å². The van der Waals surface area contributed by atoms with Gasteiger partial charge in [0.15, 0.2) is 0 Å². The Morgan fingerprint density at radius 2 is 2.41 bits per heavy atom. The van der Waals surface area contributed by atoms with Gasteiger partial charge >= 0.3 is 0 Å². The molecule has 0 bridgehead atoms. The molecule has 118 valence electrons. The van der Waals surface area contributed by atoms with E-state index in [2.05, 4.69) is 33.9 Å². The van der Waals surface area contributed by atoms with Gasteiger partial charge in [-0.25, -0.2) is 4.98 Å². The fourth-order valence-electron chi connectivity index (χ4n) is 2.80. The van der Waals surface area contributed by atoms with Gasteiger partial charge in [0.05, 0.1) is 11.4 Å². The highest BCUT2D eigenvalue weighted by molar-refractivity contribution is 5.91. The molecular formula is C16H22N4O2. The molecule has 2 atom stereocenters. The minimum absolute atomic E-state index is 0.103. The molecule has 2 aromatic rings. The Labute approximate surface area is 129 Å². The van der Waals surface area contributed by atoms with E-state index in [1.54, 1.807) is 6.07 Å². The van der Waals surface area contributed by atoms with Gasteiger partial charge in [0.1, 0.15) is 5.82 Å². The van der Waals surface area contributed by atoms with Gasteiger partial charge < -0.3 is 14.4 Å². The van der Waals surface area contributed by atoms with Crippen molar-refractivity contribution in [3.63, 3.8) is 0 Å². The number of amides is 1. The maximum absolute atomic E-state index is 12.3. The molecule has 0 aromatic carbocycles. The number of rotatable bonds is 4. The second-order valence-corrected chi connectivity index (χ2v) is 6.09. The topological polar surface area (TPSA) is 73.0 Å². The van der Waals surface area contributed by atoms with Crippen LogP contribution in [0, 0.1) is 6.92 Å². The normalized spacial score (nSPS) is 18.8. The van der Waals surface area contributed by atoms with Crippen molar-refractivity contribution in [2.75, 3.05) is 0 Å². The molecule has 3 rings (SSSR count). The molecule has 0 spiro atoms. The molecule has 1 amide bonds. The molecule has 6 nitrogen and oxygen atoms in total. The number of nitrogens with zero attached hydrogens (tertiary/aromatic N) is 3. The van der Waals surface area contributed by atoms with Crippen LogP contribution in [-0.2, 0) is 13.0 Å². The Bertz CT molecular complexity index is 673. The first kappa shape index (κ1) is 14.8. The molecule has 6 heteroatoms. The van der Waals surface area contributed by atoms with Crippen LogP contribution < -0.4 is 5.32 Å². The Balaban J connectivity index is 1.64. The van der Waals surface area contributed by atoms with E-state index in [-0.39, 0.29) is 11.9 Å². The molecule has 0 saturated carbocycles. The predicted octanol–water partition coefficient (Wildman–Crippen LogP) is 2.44. The summed E-state index contributed by atoms with van der Waals surface area (Å²) in [5.74, 6) is 1.51. The Kier molecular flexibility index (Phi) is 4.00. The molecule has 0 fully saturated rings. The highest BCUT2D eigenvalue weighted by atomic mass is 16.5. The van der Waals surface area contributed by atoms with Gasteiger partial charge in [-0.15, -0.1) is 0 Å². The van der Waals surface area contributed by atoms with E-state index in [1.165, 1.54) is 0 Å². The van der Waals surface area contributed by atoms with Gasteiger partial charge in [-0.05, 0) is 19.8 Å². The zero-order valence-corrected chi connectivity index (χ0v) is 13.3. The number of fused-ring (bicyclic) bond motifs is 1. The first-order chi connectivity index (χ1) is 10.6. The molecule has 0 unspecified atom stereocenters. The zero-order chi connectivity index (χ0) is 15.7. The number of hydrogen-bond donors (Lipinski definition) is 1. The van der Waals surface area contributed by atoms with Crippen LogP contribution in [0.3, 0.4) is 0 Å². The number of hydrogen-bond acceptors (Lipinski definition) is 4. The van der Waals surface area contributed by atoms with Crippen LogP contribution in [0.15, 0.2) is 16.8 Å². The Hall–Kier alpha value is -2.11. The van der Waals surface area contributed by atoms with E-state index < -0.39 is 0 Å². The first-order valence-electron chi connectivity index (χ1n) is 7.87. The third kappa shape index (κ3) is 2.91. The lowest BCUT2D eigenvalue weighted by atomic mass is 10.0. The number of imidazole rings is 1. The van der Waals surface area contributed by atoms with Crippen LogP contribution in [0.1, 0.15) is 60.4 Å². The minimum Gasteiger partial charge on any atom is -0.351 e. The van der Waals surface area contributed by atoms with Crippen LogP contribution in [-0.4, -0.2) is 26.7 Å². The van der Waals surface area contributed by atoms with Crippen LogP contribution >= 0.6 is 0 Å². The summed E-state index contributed by atoms with van der Waals surface area (Å²) in [6.07, 6.45) is 4.78. The highest BCUT2D eigenvalue weighted by Crippen LogP contribution is 2.19. The van der Waals surface area contributed by atoms with E-state index in [1.807, 2.05) is 13.1 Å². The lowest BCUT2D eigenvalue weighted by Gasteiger charge is -2.24. The molecule has 0 aliphatic carbocycles. The highest BCUT2D eigenvalue weighted by Gasteiger charge is 2.23. The summed E-state index contributed by atoms with van der Waals surface area (Å²) in [5, 5.41) is 7.02. The molecule has 0 saturated heterocycles. The molecule has 1 aliphatic heterocycles. The second-order valence-electron chi connectivity index (χ2n) is 6.09. The van der Waals surface area contributed by atoms with Gasteiger partial charge in [-0.2, -0.15) is 0 Å². The average Bonchev–Trinajstić information content (AvgIpc) is 3.11. The van der Waals surface area contributed by atoms with E-state index in [4.69, 9.17) is 4.52 Å². The van der Waals surface area contributed by atoms with Gasteiger partial charge in [-0.1, -0.05) is 19.0 Å². The average molecular weight is 302 g/mol. The second kappa shape index (κ2) is 5.94. The summed E-state index contributed by atoms with van der Waals surface area (Å²) >= 11 is 0. The quantitative estimate of drug-likeness (QED) is 0.941. The van der Waals surface area contributed by atoms with Crippen molar-refractivity contribution < 1.29 is 9.32 Å². The lowest BCUT2D eigenvalue weighted by Crippen LogP contribution is -2.40. The predicted molar refractivity (Wildman–Crippen MR) is 81.7 cm³/mol. The third-order valence-corrected chi connectivity index (χ3v) is 4.32. The van der Waals surface area contributed by atoms with Gasteiger partial charge in [-0.3, -0.25) is 4.79 Å². The fourth-order valence-corrected chi connectivity index (χ4v) is 2.80. The van der Waals surface area contributed by atoms with Crippen LogP contribution in [0.4, 0.5) is 0 Å². The van der Waals surface area contributed by atoms with Crippen LogP contribution in [0.25, 0.3) is 0 Å². The fraction of sp³-hybridized carbons (Fsp3) is 0.562. The van der Waals surface area contributed by atoms with Crippen molar-refractivity contribution in [3.8, 4) is 0 Å². The molecule has 22 heavy (non-hydrogen) atoms. The number of aromatic nitrogens is 3. The van der Waals surface area contributed by atoms with Crippen molar-refractivity contribution in [1.29, 1.82) is 0 Å². The molecule has 1 aliphatic rings. The molecule has 1 N–H and O–H groups in total. The number of aryl methyl sites for hydroxylation is 2. The van der Waals surface area contributed by atoms with Crippen LogP contribution in [0.2, 0.25) is 0 Å². The largest absolute Gasteiger partial charge is 0.351 e. The van der Waals surface area contributed by atoms with E-state index in [0.717, 1.165) is 43.0 Å².